The number of carbonyl (C=O) groups excluding carboxylic acids is 4. The normalized spacial score (nSPS) is 11.0. The predicted octanol–water partition coefficient (Wildman–Crippen LogP) is 5.38. The van der Waals surface area contributed by atoms with E-state index in [4.69, 9.17) is 9.47 Å². The average Bonchev–Trinajstić information content (AvgIpc) is 2.93. The monoisotopic (exact) mass is 659 g/mol. The Balaban J connectivity index is 0. The van der Waals surface area contributed by atoms with Gasteiger partial charge in [-0.2, -0.15) is 0 Å². The molecule has 0 aromatic carbocycles. The molecule has 0 rings (SSSR count). The Hall–Kier alpha value is -1.54. The average molecular weight is 661 g/mol. The van der Waals surface area contributed by atoms with Crippen molar-refractivity contribution < 1.29 is 50.1 Å². The first-order valence-electron chi connectivity index (χ1n) is 16.7. The van der Waals surface area contributed by atoms with Crippen LogP contribution in [-0.2, 0) is 28.7 Å². The van der Waals surface area contributed by atoms with Gasteiger partial charge in [-0.25, -0.2) is 0 Å². The number of hydrogen-bond donors (Lipinski definition) is 0. The third-order valence-corrected chi connectivity index (χ3v) is 7.71. The number of quaternary nitrogens is 1. The lowest BCUT2D eigenvalue weighted by molar-refractivity contribution is -0.902. The highest BCUT2D eigenvalue weighted by Crippen LogP contribution is 2.13. The Labute approximate surface area is 267 Å². The fraction of sp³-hybridized carbons (Fsp3) is 0.824. The van der Waals surface area contributed by atoms with Crippen LogP contribution >= 0.6 is 0 Å². The smallest absolute Gasteiger partial charge is 0.319 e. The van der Waals surface area contributed by atoms with Crippen molar-refractivity contribution in [1.82, 2.24) is 0 Å². The molecule has 0 radical (unpaired) electrons. The van der Waals surface area contributed by atoms with Gasteiger partial charge in [0.05, 0.1) is 39.5 Å². The maximum atomic E-state index is 12.3. The molecule has 42 heavy (non-hydrogen) atoms. The number of halogens is 1. The molecule has 0 heterocycles. The minimum absolute atomic E-state index is 0. The molecule has 0 spiro atoms. The summed E-state index contributed by atoms with van der Waals surface area (Å²) in [5.41, 5.74) is 0. The van der Waals surface area contributed by atoms with Gasteiger partial charge in [0.1, 0.15) is 0 Å². The van der Waals surface area contributed by atoms with E-state index in [9.17, 15) is 19.2 Å². The zero-order valence-electron chi connectivity index (χ0n) is 27.2. The molecule has 8 heteroatoms. The van der Waals surface area contributed by atoms with E-state index < -0.39 is 23.9 Å². The molecular weight excluding hydrogens is 598 g/mol. The first-order valence-corrected chi connectivity index (χ1v) is 16.7. The molecule has 0 aliphatic carbocycles. The molecule has 0 unspecified atom stereocenters. The maximum absolute atomic E-state index is 12.3. The Bertz CT molecular complexity index is 675. The molecule has 0 aromatic heterocycles. The van der Waals surface area contributed by atoms with E-state index in [1.165, 1.54) is 77.0 Å². The van der Waals surface area contributed by atoms with Crippen molar-refractivity contribution >= 4 is 23.9 Å². The van der Waals surface area contributed by atoms with Crippen LogP contribution < -0.4 is 17.0 Å². The van der Waals surface area contributed by atoms with Crippen molar-refractivity contribution in [2.45, 2.75) is 155 Å². The van der Waals surface area contributed by atoms with E-state index in [1.54, 1.807) is 6.08 Å². The molecule has 246 valence electrons. The van der Waals surface area contributed by atoms with Crippen molar-refractivity contribution in [1.29, 1.82) is 0 Å². The van der Waals surface area contributed by atoms with Gasteiger partial charge in [-0.3, -0.25) is 19.2 Å². The van der Waals surface area contributed by atoms with Gasteiger partial charge in [0.25, 0.3) is 0 Å². The van der Waals surface area contributed by atoms with Crippen LogP contribution in [0, 0.1) is 0 Å². The summed E-state index contributed by atoms with van der Waals surface area (Å²) in [5, 5.41) is 0. The van der Waals surface area contributed by atoms with Crippen LogP contribution in [-0.4, -0.2) is 55.0 Å². The number of ether oxygens (including phenoxy) is 2. The summed E-state index contributed by atoms with van der Waals surface area (Å²) in [6, 6.07) is 0. The molecular formula is C34H62BrNO6. The van der Waals surface area contributed by atoms with E-state index in [0.29, 0.717) is 24.1 Å². The molecule has 0 aliphatic heterocycles. The summed E-state index contributed by atoms with van der Waals surface area (Å²) < 4.78 is 10.4. The minimum Gasteiger partial charge on any atom is -1.00 e. The summed E-state index contributed by atoms with van der Waals surface area (Å²) in [5.74, 6) is -2.02. The van der Waals surface area contributed by atoms with Crippen molar-refractivity contribution in [3.8, 4) is 0 Å². The lowest BCUT2D eigenvalue weighted by Gasteiger charge is -2.32. The second-order valence-electron chi connectivity index (χ2n) is 11.9. The highest BCUT2D eigenvalue weighted by atomic mass is 79.9. The van der Waals surface area contributed by atoms with E-state index in [1.807, 2.05) is 7.05 Å². The van der Waals surface area contributed by atoms with Crippen molar-refractivity contribution in [3.05, 3.63) is 12.7 Å². The molecule has 7 nitrogen and oxygen atoms in total. The second-order valence-corrected chi connectivity index (χ2v) is 11.9. The summed E-state index contributed by atoms with van der Waals surface area (Å²) >= 11 is 0. The molecule has 0 fully saturated rings. The third-order valence-electron chi connectivity index (χ3n) is 7.71. The number of nitrogens with zero attached hydrogens (tertiary/aromatic N) is 1. The van der Waals surface area contributed by atoms with Crippen molar-refractivity contribution in [2.24, 2.45) is 0 Å². The van der Waals surface area contributed by atoms with Gasteiger partial charge in [-0.1, -0.05) is 123 Å². The fourth-order valence-corrected chi connectivity index (χ4v) is 4.95. The summed E-state index contributed by atoms with van der Waals surface area (Å²) in [4.78, 5) is 48.6. The largest absolute Gasteiger partial charge is 1.00 e. The van der Waals surface area contributed by atoms with Gasteiger partial charge >= 0.3 is 23.9 Å². The van der Waals surface area contributed by atoms with Crippen LogP contribution in [0.3, 0.4) is 0 Å². The number of hydrogen-bond acceptors (Lipinski definition) is 6. The van der Waals surface area contributed by atoms with Gasteiger partial charge in [-0.15, -0.1) is 0 Å². The molecule has 0 aliphatic rings. The van der Waals surface area contributed by atoms with Crippen LogP contribution in [0.5, 0.6) is 0 Å². The molecule has 0 saturated heterocycles. The summed E-state index contributed by atoms with van der Waals surface area (Å²) in [7, 11) is 1.91. The Morgan fingerprint density at radius 2 is 0.810 bits per heavy atom. The van der Waals surface area contributed by atoms with E-state index >= 15 is 0 Å². The summed E-state index contributed by atoms with van der Waals surface area (Å²) in [6.45, 7) is 9.55. The number of likely N-dealkylation sites (N-methyl/N-ethyl adjacent to an activating group) is 1. The van der Waals surface area contributed by atoms with Gasteiger partial charge < -0.3 is 30.9 Å². The van der Waals surface area contributed by atoms with Crippen LogP contribution in [0.25, 0.3) is 0 Å². The lowest BCUT2D eigenvalue weighted by Crippen LogP contribution is -3.00. The minimum atomic E-state index is -0.543. The molecule has 0 amide bonds. The molecule has 0 aromatic rings. The topological polar surface area (TPSA) is 86.7 Å². The maximum Gasteiger partial charge on any atom is 0.319 e. The number of unbranched alkanes of at least 4 members (excludes halogenated alkanes) is 16. The summed E-state index contributed by atoms with van der Waals surface area (Å²) in [6.07, 6.45) is 23.2. The third kappa shape index (κ3) is 27.3. The molecule has 0 atom stereocenters. The van der Waals surface area contributed by atoms with Crippen LogP contribution in [0.4, 0.5) is 0 Å². The molecule has 0 N–H and O–H groups in total. The number of carbonyl (C=O) groups is 4. The van der Waals surface area contributed by atoms with Gasteiger partial charge in [-0.05, 0) is 18.9 Å². The van der Waals surface area contributed by atoms with Crippen LogP contribution in [0.2, 0.25) is 0 Å². The zero-order valence-corrected chi connectivity index (χ0v) is 28.8. The number of rotatable bonds is 28. The predicted molar refractivity (Wildman–Crippen MR) is 166 cm³/mol. The highest BCUT2D eigenvalue weighted by Gasteiger charge is 2.25. The van der Waals surface area contributed by atoms with Gasteiger partial charge in [0, 0.05) is 12.8 Å². The molecule has 0 saturated carbocycles. The first kappa shape index (κ1) is 42.6. The Kier molecular flexibility index (Phi) is 29.9. The van der Waals surface area contributed by atoms with E-state index in [2.05, 4.69) is 20.4 Å². The number of esters is 4. The van der Waals surface area contributed by atoms with Crippen molar-refractivity contribution in [2.75, 3.05) is 26.7 Å². The SMILES string of the molecule is C=CC[N+](C)(CCC(=O)OC(=O)CCCCCCCCCCC)CCC(=O)OC(=O)CCCCCCCCCCC.[Br-]. The lowest BCUT2D eigenvalue weighted by atomic mass is 10.1. The standard InChI is InChI=1S/C34H62NO6.BrH/c1-5-8-10-12-14-16-18-20-22-24-31(36)40-33(38)26-29-35(4,28-7-3)30-27-34(39)41-32(37)25-23-21-19-17-15-13-11-9-6-2;/h7H,3,5-6,8-30H2,1-2,4H3;1H/q+1;/p-1. The highest BCUT2D eigenvalue weighted by molar-refractivity contribution is 5.86. The Morgan fingerprint density at radius 1 is 0.524 bits per heavy atom. The quantitative estimate of drug-likeness (QED) is 0.0368. The fourth-order valence-electron chi connectivity index (χ4n) is 4.95. The zero-order chi connectivity index (χ0) is 30.6. The van der Waals surface area contributed by atoms with Gasteiger partial charge in [0.2, 0.25) is 0 Å². The second kappa shape index (κ2) is 29.5. The van der Waals surface area contributed by atoms with Crippen molar-refractivity contribution in [3.63, 3.8) is 0 Å². The first-order chi connectivity index (χ1) is 19.8. The van der Waals surface area contributed by atoms with Crippen LogP contribution in [0.15, 0.2) is 12.7 Å². The van der Waals surface area contributed by atoms with Gasteiger partial charge in [0.15, 0.2) is 0 Å². The Morgan fingerprint density at radius 3 is 1.12 bits per heavy atom. The van der Waals surface area contributed by atoms with Crippen LogP contribution in [0.1, 0.15) is 155 Å². The molecule has 0 bridgehead atoms. The van der Waals surface area contributed by atoms with E-state index in [-0.39, 0.29) is 42.7 Å². The van der Waals surface area contributed by atoms with E-state index in [0.717, 1.165) is 38.5 Å².